The number of fused-ring (bicyclic) bond motifs is 1. The SMILES string of the molecule is NC(=O)c1ccc[n+]([C@@H]2O[C@H](COP(=O)(O)OP(=O)(O)OC[C@H]3O[C@@H](n4cnc5c(N)ncnc54)[C@H](O)[C@@H]3O)[C@@H](O)C2(F)F)c1. The molecule has 3 aromatic rings. The molecule has 0 saturated carbocycles. The number of carbonyl (C=O) groups is 1. The average Bonchev–Trinajstić information content (AvgIpc) is 3.59. The van der Waals surface area contributed by atoms with Gasteiger partial charge in [0.05, 0.1) is 19.5 Å². The first kappa shape index (κ1) is 33.3. The number of aliphatic hydroxyl groups is 3. The molecule has 0 spiro atoms. The Kier molecular flexibility index (Phi) is 9.05. The number of hydrogen-bond acceptors (Lipinski definition) is 15. The van der Waals surface area contributed by atoms with Crippen LogP contribution in [0.25, 0.3) is 11.2 Å². The highest BCUT2D eigenvalue weighted by molar-refractivity contribution is 7.61. The standard InChI is InChI=1S/C21H25F2N7O13P2/c22-21(23)15(33)11(42-20(21)29-3-1-2-9(4-29)17(25)34)6-40-45(37,38)43-44(35,36)39-5-10-13(31)14(32)19(41-10)30-8-28-12-16(24)26-7-27-18(12)30/h1-4,7-8,10-11,13-15,19-20,31-33H,5-6H2,(H5-,24,25,26,27,34,35,36,37,38)/p+1/t10-,11-,13-,14-,15-,19-,20-/m1/s1. The van der Waals surface area contributed by atoms with Crippen molar-refractivity contribution in [3.05, 3.63) is 42.7 Å². The molecular weight excluding hydrogens is 658 g/mol. The minimum atomic E-state index is -5.55. The summed E-state index contributed by atoms with van der Waals surface area (Å²) in [4.78, 5) is 43.1. The largest absolute Gasteiger partial charge is 0.481 e. The highest BCUT2D eigenvalue weighted by atomic mass is 31.3. The number of anilines is 1. The van der Waals surface area contributed by atoms with E-state index in [0.717, 1.165) is 23.3 Å². The molecule has 2 fully saturated rings. The maximum absolute atomic E-state index is 14.8. The molecule has 5 rings (SSSR count). The first-order valence-corrected chi connectivity index (χ1v) is 15.6. The molecule has 20 nitrogen and oxygen atoms in total. The van der Waals surface area contributed by atoms with Crippen LogP contribution >= 0.6 is 15.6 Å². The quantitative estimate of drug-likeness (QED) is 0.0871. The summed E-state index contributed by atoms with van der Waals surface area (Å²) in [6, 6.07) is 2.46. The topological polar surface area (TPSA) is 298 Å². The summed E-state index contributed by atoms with van der Waals surface area (Å²) in [5.74, 6) is -4.91. The van der Waals surface area contributed by atoms with E-state index in [-0.39, 0.29) is 22.5 Å². The third-order valence-corrected chi connectivity index (χ3v) is 9.37. The molecule has 0 aliphatic carbocycles. The van der Waals surface area contributed by atoms with Crippen molar-refractivity contribution in [2.24, 2.45) is 5.73 Å². The molecule has 2 unspecified atom stereocenters. The molecule has 2 saturated heterocycles. The normalized spacial score (nSPS) is 30.7. The number of phosphoric acid groups is 2. The van der Waals surface area contributed by atoms with Crippen LogP contribution < -0.4 is 16.0 Å². The number of halogens is 2. The van der Waals surface area contributed by atoms with Crippen LogP contribution in [0.5, 0.6) is 0 Å². The van der Waals surface area contributed by atoms with Gasteiger partial charge in [-0.3, -0.25) is 18.4 Å². The van der Waals surface area contributed by atoms with E-state index in [2.05, 4.69) is 28.3 Å². The summed E-state index contributed by atoms with van der Waals surface area (Å²) in [6.45, 7) is -2.20. The number of pyridine rings is 1. The second-order valence-electron chi connectivity index (χ2n) is 9.79. The van der Waals surface area contributed by atoms with Gasteiger partial charge in [0.25, 0.3) is 5.91 Å². The molecule has 246 valence electrons. The number of primary amides is 1. The van der Waals surface area contributed by atoms with E-state index < -0.39 is 83.7 Å². The van der Waals surface area contributed by atoms with E-state index in [1.165, 1.54) is 23.0 Å². The lowest BCUT2D eigenvalue weighted by Crippen LogP contribution is -2.50. The first-order valence-electron chi connectivity index (χ1n) is 12.6. The van der Waals surface area contributed by atoms with Crippen molar-refractivity contribution in [3.8, 4) is 0 Å². The number of ether oxygens (including phenoxy) is 2. The van der Waals surface area contributed by atoms with Gasteiger partial charge >= 0.3 is 27.8 Å². The number of carbonyl (C=O) groups excluding carboxylic acids is 1. The maximum Gasteiger partial charge on any atom is 0.481 e. The van der Waals surface area contributed by atoms with Gasteiger partial charge in [0.15, 0.2) is 36.2 Å². The molecule has 24 heteroatoms. The fourth-order valence-corrected chi connectivity index (χ4v) is 6.67. The number of amides is 1. The molecule has 0 bridgehead atoms. The van der Waals surface area contributed by atoms with Crippen LogP contribution in [0.4, 0.5) is 14.6 Å². The Morgan fingerprint density at radius 1 is 1.07 bits per heavy atom. The lowest BCUT2D eigenvalue weighted by molar-refractivity contribution is -0.775. The third kappa shape index (κ3) is 6.73. The Morgan fingerprint density at radius 2 is 1.73 bits per heavy atom. The molecule has 45 heavy (non-hydrogen) atoms. The number of hydrogen-bond donors (Lipinski definition) is 7. The Labute approximate surface area is 249 Å². The van der Waals surface area contributed by atoms with Crippen molar-refractivity contribution in [3.63, 3.8) is 0 Å². The molecule has 9 atom stereocenters. The molecule has 2 aliphatic heterocycles. The van der Waals surface area contributed by atoms with Gasteiger partial charge in [-0.15, -0.1) is 0 Å². The number of nitrogens with zero attached hydrogens (tertiary/aromatic N) is 5. The third-order valence-electron chi connectivity index (χ3n) is 6.77. The number of nitrogen functional groups attached to an aromatic ring is 1. The number of aliphatic hydroxyl groups excluding tert-OH is 3. The smallest absolute Gasteiger partial charge is 0.387 e. The first-order chi connectivity index (χ1) is 21.0. The van der Waals surface area contributed by atoms with E-state index in [1.807, 2.05) is 0 Å². The minimum absolute atomic E-state index is 0.0251. The van der Waals surface area contributed by atoms with E-state index in [1.54, 1.807) is 0 Å². The van der Waals surface area contributed by atoms with Crippen LogP contribution in [0.1, 0.15) is 22.8 Å². The molecule has 0 radical (unpaired) electrons. The Bertz CT molecular complexity index is 1680. The van der Waals surface area contributed by atoms with Gasteiger partial charge in [0.1, 0.15) is 41.8 Å². The summed E-state index contributed by atoms with van der Waals surface area (Å²) >= 11 is 0. The van der Waals surface area contributed by atoms with Gasteiger partial charge in [-0.05, 0) is 6.07 Å². The monoisotopic (exact) mass is 684 g/mol. The van der Waals surface area contributed by atoms with Crippen molar-refractivity contribution < 1.29 is 75.2 Å². The van der Waals surface area contributed by atoms with Crippen LogP contribution in [0, 0.1) is 0 Å². The number of alkyl halides is 2. The molecular formula is C21H26F2N7O13P2+. The summed E-state index contributed by atoms with van der Waals surface area (Å²) in [5, 5.41) is 31.0. The summed E-state index contributed by atoms with van der Waals surface area (Å²) in [5.41, 5.74) is 11.0. The van der Waals surface area contributed by atoms with E-state index in [9.17, 15) is 47.8 Å². The van der Waals surface area contributed by atoms with Crippen LogP contribution in [0.3, 0.4) is 0 Å². The number of phosphoric ester groups is 2. The average molecular weight is 684 g/mol. The van der Waals surface area contributed by atoms with Crippen molar-refractivity contribution in [2.45, 2.75) is 48.9 Å². The van der Waals surface area contributed by atoms with Gasteiger partial charge in [-0.2, -0.15) is 17.7 Å². The number of imidazole rings is 1. The number of aromatic nitrogens is 5. The molecule has 5 heterocycles. The lowest BCUT2D eigenvalue weighted by atomic mass is 10.1. The van der Waals surface area contributed by atoms with Gasteiger partial charge < -0.3 is 46.0 Å². The van der Waals surface area contributed by atoms with Gasteiger partial charge in [-0.1, -0.05) is 0 Å². The summed E-state index contributed by atoms with van der Waals surface area (Å²) in [6.07, 6.45) is -8.57. The minimum Gasteiger partial charge on any atom is -0.387 e. The molecule has 3 aromatic heterocycles. The van der Waals surface area contributed by atoms with Crippen molar-refractivity contribution in [2.75, 3.05) is 18.9 Å². The van der Waals surface area contributed by atoms with Gasteiger partial charge in [-0.25, -0.2) is 24.1 Å². The van der Waals surface area contributed by atoms with Crippen molar-refractivity contribution in [1.82, 2.24) is 19.5 Å². The van der Waals surface area contributed by atoms with Crippen LogP contribution in [0.15, 0.2) is 37.2 Å². The van der Waals surface area contributed by atoms with E-state index in [4.69, 9.17) is 20.9 Å². The second-order valence-corrected chi connectivity index (χ2v) is 12.8. The highest BCUT2D eigenvalue weighted by Gasteiger charge is 2.64. The fourth-order valence-electron chi connectivity index (χ4n) is 4.57. The van der Waals surface area contributed by atoms with Crippen molar-refractivity contribution in [1.29, 1.82) is 0 Å². The van der Waals surface area contributed by atoms with E-state index >= 15 is 0 Å². The summed E-state index contributed by atoms with van der Waals surface area (Å²) < 4.78 is 80.2. The Morgan fingerprint density at radius 3 is 2.40 bits per heavy atom. The predicted molar refractivity (Wildman–Crippen MR) is 138 cm³/mol. The van der Waals surface area contributed by atoms with Gasteiger partial charge in [0.2, 0.25) is 0 Å². The molecule has 2 aliphatic rings. The van der Waals surface area contributed by atoms with Crippen molar-refractivity contribution >= 4 is 38.5 Å². The Balaban J connectivity index is 1.18. The second kappa shape index (κ2) is 12.2. The van der Waals surface area contributed by atoms with E-state index in [0.29, 0.717) is 0 Å². The molecule has 9 N–H and O–H groups in total. The zero-order valence-electron chi connectivity index (χ0n) is 22.5. The number of rotatable bonds is 11. The maximum atomic E-state index is 14.8. The molecule has 0 aromatic carbocycles. The fraction of sp³-hybridized carbons (Fsp3) is 0.476. The zero-order chi connectivity index (χ0) is 32.9. The predicted octanol–water partition coefficient (Wildman–Crippen LogP) is -1.74. The lowest BCUT2D eigenvalue weighted by Gasteiger charge is -2.20. The highest BCUT2D eigenvalue weighted by Crippen LogP contribution is 2.61. The summed E-state index contributed by atoms with van der Waals surface area (Å²) in [7, 11) is -11.0. The molecule has 1 amide bonds. The Hall–Kier alpha value is -3.11. The van der Waals surface area contributed by atoms with Crippen LogP contribution in [0.2, 0.25) is 0 Å². The number of nitrogens with two attached hydrogens (primary N) is 2. The zero-order valence-corrected chi connectivity index (χ0v) is 24.3. The van der Waals surface area contributed by atoms with Crippen LogP contribution in [-0.2, 0) is 32.0 Å². The van der Waals surface area contributed by atoms with Gasteiger partial charge in [0, 0.05) is 6.07 Å². The van der Waals surface area contributed by atoms with Crippen LogP contribution in [-0.4, -0.2) is 100 Å².